The Balaban J connectivity index is 1.28. The van der Waals surface area contributed by atoms with Crippen LogP contribution in [0.3, 0.4) is 0 Å². The van der Waals surface area contributed by atoms with Crippen LogP contribution in [0.2, 0.25) is 0 Å². The van der Waals surface area contributed by atoms with Crippen molar-refractivity contribution in [3.05, 3.63) is 12.7 Å². The van der Waals surface area contributed by atoms with E-state index < -0.39 is 48.2 Å². The summed E-state index contributed by atoms with van der Waals surface area (Å²) in [6.07, 6.45) is 0.584. The smallest absolute Gasteiger partial charge is 0.382 e. The molecule has 5 heterocycles. The maximum absolute atomic E-state index is 11.9. The molecule has 0 saturated carbocycles. The van der Waals surface area contributed by atoms with Gasteiger partial charge < -0.3 is 30.0 Å². The van der Waals surface area contributed by atoms with Gasteiger partial charge in [0.2, 0.25) is 12.3 Å². The minimum atomic E-state index is -5.62. The molecular formula is C10H13N5O13P3+. The van der Waals surface area contributed by atoms with Gasteiger partial charge in [-0.25, -0.2) is 28.6 Å². The van der Waals surface area contributed by atoms with Gasteiger partial charge in [0, 0.05) is 4.89 Å². The van der Waals surface area contributed by atoms with Crippen molar-refractivity contribution in [3.63, 3.8) is 0 Å². The lowest BCUT2D eigenvalue weighted by Gasteiger charge is -2.17. The molecular weight excluding hydrogens is 491 g/mol. The molecule has 18 nitrogen and oxygen atoms in total. The van der Waals surface area contributed by atoms with Gasteiger partial charge in [0.25, 0.3) is 0 Å². The summed E-state index contributed by atoms with van der Waals surface area (Å²) in [6, 6.07) is 0. The molecule has 0 radical (unpaired) electrons. The summed E-state index contributed by atoms with van der Waals surface area (Å²) in [4.78, 5) is 53.2. The van der Waals surface area contributed by atoms with E-state index in [9.17, 15) is 23.5 Å². The average molecular weight is 504 g/mol. The fourth-order valence-electron chi connectivity index (χ4n) is 3.33. The molecule has 0 bridgehead atoms. The van der Waals surface area contributed by atoms with E-state index >= 15 is 0 Å². The summed E-state index contributed by atoms with van der Waals surface area (Å²) in [5.41, 5.74) is 6.47. The van der Waals surface area contributed by atoms with E-state index in [1.807, 2.05) is 0 Å². The molecule has 2 unspecified atom stereocenters. The van der Waals surface area contributed by atoms with E-state index in [1.165, 1.54) is 12.7 Å². The van der Waals surface area contributed by atoms with E-state index in [0.29, 0.717) is 11.2 Å². The summed E-state index contributed by atoms with van der Waals surface area (Å²) < 4.78 is 55.7. The van der Waals surface area contributed by atoms with Gasteiger partial charge in [-0.3, -0.25) is 9.09 Å². The van der Waals surface area contributed by atoms with E-state index in [-0.39, 0.29) is 11.9 Å². The van der Waals surface area contributed by atoms with Crippen molar-refractivity contribution >= 4 is 40.4 Å². The van der Waals surface area contributed by atoms with E-state index in [2.05, 4.69) is 32.6 Å². The van der Waals surface area contributed by atoms with Gasteiger partial charge in [0.05, 0.1) is 12.9 Å². The number of anilines is 1. The van der Waals surface area contributed by atoms with Crippen LogP contribution in [-0.4, -0.2) is 63.7 Å². The molecule has 3 saturated heterocycles. The number of nitrogen functional groups attached to an aromatic ring is 1. The maximum atomic E-state index is 11.9. The zero-order valence-corrected chi connectivity index (χ0v) is 17.4. The van der Waals surface area contributed by atoms with Crippen molar-refractivity contribution in [1.29, 1.82) is 0 Å². The highest BCUT2D eigenvalue weighted by molar-refractivity contribution is 7.66. The predicted molar refractivity (Wildman–Crippen MR) is 92.2 cm³/mol. The van der Waals surface area contributed by atoms with Gasteiger partial charge in [-0.15, -0.1) is 0 Å². The van der Waals surface area contributed by atoms with Crippen molar-refractivity contribution in [2.45, 2.75) is 24.2 Å². The van der Waals surface area contributed by atoms with E-state index in [0.717, 1.165) is 0 Å². The Morgan fingerprint density at radius 1 is 1.16 bits per heavy atom. The molecule has 2 aromatic heterocycles. The lowest BCUT2D eigenvalue weighted by Crippen LogP contribution is -2.26. The van der Waals surface area contributed by atoms with Crippen molar-refractivity contribution in [2.24, 2.45) is 0 Å². The number of rotatable bonds is 8. The van der Waals surface area contributed by atoms with Crippen molar-refractivity contribution in [3.8, 4) is 0 Å². The highest BCUT2D eigenvalue weighted by atomic mass is 31.3. The molecule has 6 N–H and O–H groups in total. The Bertz CT molecular complexity index is 1220. The van der Waals surface area contributed by atoms with Gasteiger partial charge in [0.1, 0.15) is 11.8 Å². The van der Waals surface area contributed by atoms with Crippen LogP contribution in [0.4, 0.5) is 5.82 Å². The number of phosphoric ester groups is 1. The lowest BCUT2D eigenvalue weighted by molar-refractivity contribution is -0.192. The third-order valence-corrected chi connectivity index (χ3v) is 8.36. The van der Waals surface area contributed by atoms with Gasteiger partial charge in [-0.2, -0.15) is 13.1 Å². The second-order valence-electron chi connectivity index (χ2n) is 6.51. The molecule has 1 spiro atoms. The number of aromatic nitrogens is 4. The first-order valence-electron chi connectivity index (χ1n) is 8.12. The first-order chi connectivity index (χ1) is 14.3. The number of imidazole rings is 1. The topological polar surface area (TPSA) is 254 Å². The number of nitrogens with zero attached hydrogens (tertiary/aromatic N) is 4. The number of nitrogens with two attached hydrogens (primary N) is 1. The van der Waals surface area contributed by atoms with E-state index in [4.69, 9.17) is 25.1 Å². The number of ether oxygens (including phenoxy) is 1. The van der Waals surface area contributed by atoms with Crippen LogP contribution >= 0.6 is 23.5 Å². The van der Waals surface area contributed by atoms with Crippen LogP contribution in [-0.2, 0) is 41.0 Å². The van der Waals surface area contributed by atoms with Gasteiger partial charge in [-0.1, -0.05) is 0 Å². The molecule has 3 aliphatic rings. The van der Waals surface area contributed by atoms with Crippen LogP contribution in [0.1, 0.15) is 6.23 Å². The highest BCUT2D eigenvalue weighted by Crippen LogP contribution is 2.75. The third-order valence-electron chi connectivity index (χ3n) is 4.56. The fraction of sp³-hybridized carbons (Fsp3) is 0.500. The standard InChI is InChI=1S/C10H12N5O13P3/c11-7-5-8(13-2-12-7)15(3-14-5)9-6-10(25-28(6)10)4(24-9)1-23-30(19,20)27-31(21,22)26-29(16,17)18/h2-4,6,9H,1H2,(H5-,11,12,13,16,17,18,19,20,21,22)/p+1/t4-,6+,9-,10+/m1/s1. The number of epoxide rings is 1. The lowest BCUT2D eigenvalue weighted by atomic mass is 10.2. The Morgan fingerprint density at radius 2 is 1.90 bits per heavy atom. The number of hydrogen-bond donors (Lipinski definition) is 5. The van der Waals surface area contributed by atoms with E-state index in [1.54, 1.807) is 4.57 Å². The summed E-state index contributed by atoms with van der Waals surface area (Å²) in [5.74, 6) is -0.864. The predicted octanol–water partition coefficient (Wildman–Crippen LogP) is -0.775. The molecule has 3 fully saturated rings. The van der Waals surface area contributed by atoms with Crippen LogP contribution in [0.5, 0.6) is 0 Å². The molecule has 3 aliphatic heterocycles. The molecule has 2 aromatic rings. The summed E-state index contributed by atoms with van der Waals surface area (Å²) in [7, 11) is -16.4. The molecule has 31 heavy (non-hydrogen) atoms. The van der Waals surface area contributed by atoms with Gasteiger partial charge in [0.15, 0.2) is 11.5 Å². The van der Waals surface area contributed by atoms with Crippen LogP contribution in [0.15, 0.2) is 12.7 Å². The molecule has 170 valence electrons. The first kappa shape index (κ1) is 21.5. The number of hydrogen-bond acceptors (Lipinski definition) is 12. The normalized spacial score (nSPS) is 33.5. The second kappa shape index (κ2) is 6.59. The Labute approximate surface area is 170 Å². The zero-order valence-electron chi connectivity index (χ0n) is 14.8. The second-order valence-corrected chi connectivity index (χ2v) is 10.9. The summed E-state index contributed by atoms with van der Waals surface area (Å²) >= 11 is 0. The van der Waals surface area contributed by atoms with Gasteiger partial charge in [-0.05, 0) is 0 Å². The van der Waals surface area contributed by atoms with Crippen molar-refractivity contribution in [1.82, 2.24) is 19.5 Å². The summed E-state index contributed by atoms with van der Waals surface area (Å²) in [5, 5.41) is 0. The molecule has 21 heteroatoms. The first-order valence-corrected chi connectivity index (χ1v) is 12.6. The highest BCUT2D eigenvalue weighted by Gasteiger charge is 3.08. The number of fused-ring (bicyclic) bond motifs is 2. The van der Waals surface area contributed by atoms with Crippen LogP contribution in [0.25, 0.3) is 11.2 Å². The Morgan fingerprint density at radius 3 is 2.58 bits per heavy atom. The Hall–Kier alpha value is -1.36. The Kier molecular flexibility index (Phi) is 4.56. The average Bonchev–Trinajstić information content (AvgIpc) is 3.36. The largest absolute Gasteiger partial charge is 0.490 e. The fourth-order valence-corrected chi connectivity index (χ4v) is 6.35. The van der Waals surface area contributed by atoms with Crippen LogP contribution < -0.4 is 5.73 Å². The molecule has 0 aliphatic carbocycles. The minimum absolute atomic E-state index is 0.158. The third kappa shape index (κ3) is 3.65. The van der Waals surface area contributed by atoms with Crippen molar-refractivity contribution < 1.29 is 60.6 Å². The molecule has 0 amide bonds. The SMILES string of the molecule is Nc1ncnc2c1ncn2[C@@H]1O[C@H](COP(=O)(O)OP(=O)(O)OP(=O)(O)O)[C@]23O[O+]2[C@@H]13. The monoisotopic (exact) mass is 504 g/mol. The minimum Gasteiger partial charge on any atom is -0.382 e. The quantitative estimate of drug-likeness (QED) is 0.128. The zero-order chi connectivity index (χ0) is 22.4. The molecule has 0 aromatic carbocycles. The van der Waals surface area contributed by atoms with Gasteiger partial charge >= 0.3 is 35.4 Å². The van der Waals surface area contributed by atoms with Crippen LogP contribution in [0, 0.1) is 0 Å². The van der Waals surface area contributed by atoms with Crippen molar-refractivity contribution in [2.75, 3.05) is 12.3 Å². The maximum Gasteiger partial charge on any atom is 0.490 e. The summed E-state index contributed by atoms with van der Waals surface area (Å²) in [6.45, 7) is -0.663. The molecule has 6 atom stereocenters. The number of phosphoric acid groups is 3. The molecule has 5 rings (SSSR count).